The quantitative estimate of drug-likeness (QED) is 0.738. The van der Waals surface area contributed by atoms with E-state index in [-0.39, 0.29) is 10.8 Å². The van der Waals surface area contributed by atoms with Crippen LogP contribution in [0, 0.1) is 0 Å². The van der Waals surface area contributed by atoms with Crippen molar-refractivity contribution in [3.05, 3.63) is 54.2 Å². The Kier molecular flexibility index (Phi) is 6.40. The van der Waals surface area contributed by atoms with Crippen LogP contribution in [-0.2, 0) is 19.6 Å². The Bertz CT molecular complexity index is 935. The number of methoxy groups -OCH3 is 1. The number of nitrogens with zero attached hydrogens (tertiary/aromatic N) is 2. The van der Waals surface area contributed by atoms with E-state index < -0.39 is 10.0 Å². The number of amides is 1. The minimum atomic E-state index is -3.52. The number of pyridine rings is 1. The number of nitrogens with one attached hydrogen (secondary N) is 1. The first kappa shape index (κ1) is 20.0. The number of carbonyl (C=O) groups is 1. The standard InChI is InChI=1S/C19H21N3O5S/c1-26-19-9-5-16(14-20-19)21-18(23)8-4-15-2-6-17(7-3-15)28(24,25)22-10-12-27-13-11-22/h2-9,14H,10-13H2,1H3,(H,21,23). The predicted molar refractivity (Wildman–Crippen MR) is 104 cm³/mol. The van der Waals surface area contributed by atoms with Crippen molar-refractivity contribution in [2.75, 3.05) is 38.7 Å². The van der Waals surface area contributed by atoms with Gasteiger partial charge < -0.3 is 14.8 Å². The fraction of sp³-hybridized carbons (Fsp3) is 0.263. The van der Waals surface area contributed by atoms with E-state index in [2.05, 4.69) is 10.3 Å². The number of ether oxygens (including phenoxy) is 2. The van der Waals surface area contributed by atoms with Crippen molar-refractivity contribution >= 4 is 27.7 Å². The molecule has 0 unspecified atom stereocenters. The molecule has 0 radical (unpaired) electrons. The Morgan fingerprint density at radius 2 is 1.89 bits per heavy atom. The van der Waals surface area contributed by atoms with Crippen molar-refractivity contribution in [1.82, 2.24) is 9.29 Å². The normalized spacial score (nSPS) is 15.5. The van der Waals surface area contributed by atoms with Crippen LogP contribution < -0.4 is 10.1 Å². The molecule has 9 heteroatoms. The van der Waals surface area contributed by atoms with Crippen LogP contribution in [0.5, 0.6) is 5.88 Å². The van der Waals surface area contributed by atoms with Crippen molar-refractivity contribution in [3.63, 3.8) is 0 Å². The molecule has 1 aromatic carbocycles. The highest BCUT2D eigenvalue weighted by molar-refractivity contribution is 7.89. The zero-order chi connectivity index (χ0) is 20.0. The van der Waals surface area contributed by atoms with Gasteiger partial charge in [-0.1, -0.05) is 12.1 Å². The van der Waals surface area contributed by atoms with E-state index >= 15 is 0 Å². The lowest BCUT2D eigenvalue weighted by Crippen LogP contribution is -2.40. The average molecular weight is 403 g/mol. The molecule has 2 heterocycles. The lowest BCUT2D eigenvalue weighted by atomic mass is 10.2. The molecule has 8 nitrogen and oxygen atoms in total. The topological polar surface area (TPSA) is 97.8 Å². The van der Waals surface area contributed by atoms with Crippen LogP contribution in [-0.4, -0.2) is 57.0 Å². The third-order valence-corrected chi connectivity index (χ3v) is 6.04. The molecular formula is C19H21N3O5S. The highest BCUT2D eigenvalue weighted by atomic mass is 32.2. The summed E-state index contributed by atoms with van der Waals surface area (Å²) in [5.74, 6) is 0.137. The first-order valence-electron chi connectivity index (χ1n) is 8.66. The van der Waals surface area contributed by atoms with Crippen LogP contribution >= 0.6 is 0 Å². The van der Waals surface area contributed by atoms with Crippen molar-refractivity contribution in [3.8, 4) is 5.88 Å². The Morgan fingerprint density at radius 1 is 1.18 bits per heavy atom. The molecule has 3 rings (SSSR count). The van der Waals surface area contributed by atoms with Gasteiger partial charge in [-0.2, -0.15) is 4.31 Å². The van der Waals surface area contributed by atoms with Crippen molar-refractivity contribution in [2.45, 2.75) is 4.90 Å². The monoisotopic (exact) mass is 403 g/mol. The van der Waals surface area contributed by atoms with Crippen molar-refractivity contribution < 1.29 is 22.7 Å². The molecule has 1 saturated heterocycles. The van der Waals surface area contributed by atoms with E-state index in [1.165, 1.54) is 35.8 Å². The smallest absolute Gasteiger partial charge is 0.248 e. The van der Waals surface area contributed by atoms with Crippen molar-refractivity contribution in [1.29, 1.82) is 0 Å². The van der Waals surface area contributed by atoms with Crippen molar-refractivity contribution in [2.24, 2.45) is 0 Å². The number of sulfonamides is 1. The lowest BCUT2D eigenvalue weighted by Gasteiger charge is -2.26. The highest BCUT2D eigenvalue weighted by Gasteiger charge is 2.25. The molecule has 1 N–H and O–H groups in total. The van der Waals surface area contributed by atoms with Gasteiger partial charge in [0.1, 0.15) is 0 Å². The lowest BCUT2D eigenvalue weighted by molar-refractivity contribution is -0.111. The summed E-state index contributed by atoms with van der Waals surface area (Å²) < 4.78 is 36.7. The summed E-state index contributed by atoms with van der Waals surface area (Å²) in [7, 11) is -2.01. The second-order valence-corrected chi connectivity index (χ2v) is 7.94. The van der Waals surface area contributed by atoms with Gasteiger partial charge in [-0.3, -0.25) is 4.79 Å². The Balaban J connectivity index is 1.62. The van der Waals surface area contributed by atoms with E-state index in [1.54, 1.807) is 30.3 Å². The molecule has 0 saturated carbocycles. The minimum absolute atomic E-state index is 0.223. The van der Waals surface area contributed by atoms with Crippen LogP contribution in [0.3, 0.4) is 0 Å². The van der Waals surface area contributed by atoms with Crippen LogP contribution in [0.4, 0.5) is 5.69 Å². The fourth-order valence-electron chi connectivity index (χ4n) is 2.62. The van der Waals surface area contributed by atoms with Crippen LogP contribution in [0.15, 0.2) is 53.6 Å². The first-order chi connectivity index (χ1) is 13.5. The van der Waals surface area contributed by atoms with E-state index in [1.807, 2.05) is 0 Å². The fourth-order valence-corrected chi connectivity index (χ4v) is 4.03. The summed E-state index contributed by atoms with van der Waals surface area (Å²) in [5, 5.41) is 2.68. The number of benzene rings is 1. The average Bonchev–Trinajstić information content (AvgIpc) is 2.74. The minimum Gasteiger partial charge on any atom is -0.481 e. The van der Waals surface area contributed by atoms with Gasteiger partial charge in [0.25, 0.3) is 0 Å². The van der Waals surface area contributed by atoms with E-state index in [0.717, 1.165) is 0 Å². The largest absolute Gasteiger partial charge is 0.481 e. The van der Waals surface area contributed by atoms with Gasteiger partial charge in [-0.25, -0.2) is 13.4 Å². The number of carbonyl (C=O) groups excluding carboxylic acids is 1. The second kappa shape index (κ2) is 8.96. The number of rotatable bonds is 6. The molecule has 2 aromatic rings. The number of hydrogen-bond acceptors (Lipinski definition) is 6. The number of hydrogen-bond donors (Lipinski definition) is 1. The third-order valence-electron chi connectivity index (χ3n) is 4.13. The van der Waals surface area contributed by atoms with E-state index in [9.17, 15) is 13.2 Å². The summed E-state index contributed by atoms with van der Waals surface area (Å²) in [6.07, 6.45) is 4.48. The maximum Gasteiger partial charge on any atom is 0.248 e. The maximum absolute atomic E-state index is 12.6. The summed E-state index contributed by atoms with van der Waals surface area (Å²) in [6.45, 7) is 1.51. The zero-order valence-corrected chi connectivity index (χ0v) is 16.2. The van der Waals surface area contributed by atoms with Crippen LogP contribution in [0.2, 0.25) is 0 Å². The molecular weight excluding hydrogens is 382 g/mol. The Morgan fingerprint density at radius 3 is 2.50 bits per heavy atom. The molecule has 1 aliphatic rings. The third kappa shape index (κ3) is 4.94. The van der Waals surface area contributed by atoms with Gasteiger partial charge in [0.2, 0.25) is 21.8 Å². The summed E-state index contributed by atoms with van der Waals surface area (Å²) >= 11 is 0. The van der Waals surface area contributed by atoms with Gasteiger partial charge in [0.15, 0.2) is 0 Å². The maximum atomic E-state index is 12.6. The number of anilines is 1. The Labute approximate surface area is 163 Å². The second-order valence-electron chi connectivity index (χ2n) is 6.00. The SMILES string of the molecule is COc1ccc(NC(=O)C=Cc2ccc(S(=O)(=O)N3CCOCC3)cc2)cn1. The first-order valence-corrected chi connectivity index (χ1v) is 10.1. The van der Waals surface area contributed by atoms with Gasteiger partial charge in [0.05, 0.1) is 37.1 Å². The molecule has 1 fully saturated rings. The summed E-state index contributed by atoms with van der Waals surface area (Å²) in [6, 6.07) is 9.72. The van der Waals surface area contributed by atoms with Gasteiger partial charge in [0, 0.05) is 25.2 Å². The molecule has 0 spiro atoms. The van der Waals surface area contributed by atoms with E-state index in [4.69, 9.17) is 9.47 Å². The molecule has 1 aliphatic heterocycles. The van der Waals surface area contributed by atoms with Gasteiger partial charge in [-0.05, 0) is 29.8 Å². The molecule has 0 aliphatic carbocycles. The molecule has 0 atom stereocenters. The van der Waals surface area contributed by atoms with Gasteiger partial charge in [-0.15, -0.1) is 0 Å². The van der Waals surface area contributed by atoms with E-state index in [0.29, 0.717) is 43.4 Å². The molecule has 1 amide bonds. The summed E-state index contributed by atoms with van der Waals surface area (Å²) in [4.78, 5) is 16.2. The van der Waals surface area contributed by atoms with Crippen LogP contribution in [0.1, 0.15) is 5.56 Å². The number of morpholine rings is 1. The van der Waals surface area contributed by atoms with Gasteiger partial charge >= 0.3 is 0 Å². The predicted octanol–water partition coefficient (Wildman–Crippen LogP) is 1.76. The molecule has 1 aromatic heterocycles. The molecule has 0 bridgehead atoms. The van der Waals surface area contributed by atoms with Crippen LogP contribution in [0.25, 0.3) is 6.08 Å². The molecule has 148 valence electrons. The number of aromatic nitrogens is 1. The summed E-state index contributed by atoms with van der Waals surface area (Å²) in [5.41, 5.74) is 1.26. The highest BCUT2D eigenvalue weighted by Crippen LogP contribution is 2.18. The zero-order valence-electron chi connectivity index (χ0n) is 15.4. The Hall–Kier alpha value is -2.75. The molecule has 28 heavy (non-hydrogen) atoms.